The molecule has 0 unspecified atom stereocenters. The van der Waals surface area contributed by atoms with Crippen LogP contribution in [0.2, 0.25) is 0 Å². The summed E-state index contributed by atoms with van der Waals surface area (Å²) in [5, 5.41) is 17.9. The summed E-state index contributed by atoms with van der Waals surface area (Å²) in [6.07, 6.45) is 2.37. The maximum absolute atomic E-state index is 14.3. The van der Waals surface area contributed by atoms with Crippen LogP contribution in [0.1, 0.15) is 24.8 Å². The van der Waals surface area contributed by atoms with E-state index in [0.29, 0.717) is 24.4 Å². The van der Waals surface area contributed by atoms with Gasteiger partial charge in [-0.3, -0.25) is 4.57 Å². The van der Waals surface area contributed by atoms with E-state index < -0.39 is 0 Å². The summed E-state index contributed by atoms with van der Waals surface area (Å²) < 4.78 is 16.2. The van der Waals surface area contributed by atoms with E-state index in [0.717, 1.165) is 29.3 Å². The van der Waals surface area contributed by atoms with Gasteiger partial charge in [0.1, 0.15) is 5.82 Å². The van der Waals surface area contributed by atoms with Crippen LogP contribution in [0.15, 0.2) is 59.8 Å². The van der Waals surface area contributed by atoms with Crippen LogP contribution in [0.4, 0.5) is 4.39 Å². The normalized spacial score (nSPS) is 10.6. The van der Waals surface area contributed by atoms with Gasteiger partial charge in [0, 0.05) is 12.2 Å². The third kappa shape index (κ3) is 4.50. The Morgan fingerprint density at radius 1 is 1.00 bits per heavy atom. The topological polar surface area (TPSA) is 54.5 Å². The van der Waals surface area contributed by atoms with Gasteiger partial charge in [0.2, 0.25) is 0 Å². The van der Waals surface area contributed by atoms with Crippen LogP contribution >= 0.6 is 11.8 Å². The van der Waals surface area contributed by atoms with Gasteiger partial charge in [0.15, 0.2) is 11.0 Å². The van der Waals surface area contributed by atoms with E-state index >= 15 is 0 Å². The minimum atomic E-state index is -0.306. The van der Waals surface area contributed by atoms with Gasteiger partial charge in [-0.2, -0.15) is 5.26 Å². The van der Waals surface area contributed by atoms with Crippen molar-refractivity contribution in [2.45, 2.75) is 31.0 Å². The molecule has 0 saturated carbocycles. The zero-order chi connectivity index (χ0) is 18.2. The number of rotatable bonds is 8. The van der Waals surface area contributed by atoms with Crippen molar-refractivity contribution in [1.29, 1.82) is 5.26 Å². The lowest BCUT2D eigenvalue weighted by molar-refractivity contribution is 0.626. The average molecular weight is 366 g/mol. The molecule has 0 aliphatic rings. The highest BCUT2D eigenvalue weighted by Gasteiger charge is 2.17. The standard InChI is InChI=1S/C20H19FN4S/c21-18-12-6-5-11-17(18)19-23-24-20(26-14-8-2-7-13-22)25(19)15-16-9-3-1-4-10-16/h1,3-6,9-12H,2,7-8,14-15H2. The van der Waals surface area contributed by atoms with E-state index in [1.807, 2.05) is 34.9 Å². The Bertz CT molecular complexity index is 886. The van der Waals surface area contributed by atoms with Crippen molar-refractivity contribution in [2.24, 2.45) is 0 Å². The fourth-order valence-corrected chi connectivity index (χ4v) is 3.55. The first-order valence-corrected chi connectivity index (χ1v) is 9.50. The fraction of sp³-hybridized carbons (Fsp3) is 0.250. The molecule has 0 amide bonds. The fourth-order valence-electron chi connectivity index (χ4n) is 2.62. The molecule has 3 aromatic rings. The summed E-state index contributed by atoms with van der Waals surface area (Å²) in [4.78, 5) is 0. The van der Waals surface area contributed by atoms with Crippen LogP contribution in [0, 0.1) is 17.1 Å². The molecule has 0 N–H and O–H groups in total. The molecule has 0 aliphatic carbocycles. The highest BCUT2D eigenvalue weighted by Crippen LogP contribution is 2.27. The third-order valence-electron chi connectivity index (χ3n) is 3.93. The predicted molar refractivity (Wildman–Crippen MR) is 101 cm³/mol. The van der Waals surface area contributed by atoms with Crippen molar-refractivity contribution >= 4 is 11.8 Å². The summed E-state index contributed by atoms with van der Waals surface area (Å²) in [5.74, 6) is 1.08. The molecule has 0 fully saturated rings. The number of aromatic nitrogens is 3. The second kappa shape index (κ2) is 9.16. The zero-order valence-electron chi connectivity index (χ0n) is 14.3. The van der Waals surface area contributed by atoms with Crippen LogP contribution in [0.3, 0.4) is 0 Å². The third-order valence-corrected chi connectivity index (χ3v) is 4.98. The molecule has 0 aliphatic heterocycles. The number of benzene rings is 2. The molecule has 26 heavy (non-hydrogen) atoms. The van der Waals surface area contributed by atoms with Crippen LogP contribution in [-0.2, 0) is 6.54 Å². The molecule has 0 atom stereocenters. The van der Waals surface area contributed by atoms with Crippen LogP contribution < -0.4 is 0 Å². The molecule has 0 radical (unpaired) electrons. The summed E-state index contributed by atoms with van der Waals surface area (Å²) in [6, 6.07) is 18.8. The Balaban J connectivity index is 1.87. The van der Waals surface area contributed by atoms with Crippen molar-refractivity contribution in [3.63, 3.8) is 0 Å². The number of hydrogen-bond donors (Lipinski definition) is 0. The molecule has 132 valence electrons. The highest BCUT2D eigenvalue weighted by atomic mass is 32.2. The van der Waals surface area contributed by atoms with E-state index in [-0.39, 0.29) is 5.82 Å². The number of unbranched alkanes of at least 4 members (excludes halogenated alkanes) is 2. The van der Waals surface area contributed by atoms with Crippen molar-refractivity contribution in [3.05, 3.63) is 66.0 Å². The van der Waals surface area contributed by atoms with Crippen molar-refractivity contribution in [3.8, 4) is 17.5 Å². The number of halogens is 1. The molecule has 1 heterocycles. The lowest BCUT2D eigenvalue weighted by Gasteiger charge is -2.11. The molecule has 0 saturated heterocycles. The van der Waals surface area contributed by atoms with E-state index in [1.54, 1.807) is 30.0 Å². The molecule has 4 nitrogen and oxygen atoms in total. The molecule has 2 aromatic carbocycles. The largest absolute Gasteiger partial charge is 0.297 e. The highest BCUT2D eigenvalue weighted by molar-refractivity contribution is 7.99. The number of nitrogens with zero attached hydrogens (tertiary/aromatic N) is 4. The summed E-state index contributed by atoms with van der Waals surface area (Å²) in [7, 11) is 0. The van der Waals surface area contributed by atoms with Crippen LogP contribution in [0.25, 0.3) is 11.4 Å². The van der Waals surface area contributed by atoms with E-state index in [4.69, 9.17) is 5.26 Å². The smallest absolute Gasteiger partial charge is 0.191 e. The average Bonchev–Trinajstić information content (AvgIpc) is 3.05. The Labute approximate surface area is 156 Å². The first-order valence-electron chi connectivity index (χ1n) is 8.51. The lowest BCUT2D eigenvalue weighted by atomic mass is 10.2. The maximum atomic E-state index is 14.3. The number of hydrogen-bond acceptors (Lipinski definition) is 4. The Morgan fingerprint density at radius 3 is 2.54 bits per heavy atom. The number of nitriles is 1. The SMILES string of the molecule is N#CCCCCSc1nnc(-c2ccccc2F)n1Cc1ccccc1. The predicted octanol–water partition coefficient (Wildman–Crippen LogP) is 4.92. The van der Waals surface area contributed by atoms with E-state index in [9.17, 15) is 4.39 Å². The van der Waals surface area contributed by atoms with E-state index in [1.165, 1.54) is 6.07 Å². The van der Waals surface area contributed by atoms with Gasteiger partial charge >= 0.3 is 0 Å². The second-order valence-corrected chi connectivity index (χ2v) is 6.88. The molecule has 6 heteroatoms. The van der Waals surface area contributed by atoms with Crippen molar-refractivity contribution < 1.29 is 4.39 Å². The summed E-state index contributed by atoms with van der Waals surface area (Å²) >= 11 is 1.60. The molecule has 0 bridgehead atoms. The maximum Gasteiger partial charge on any atom is 0.191 e. The molecule has 3 rings (SSSR count). The first-order chi connectivity index (χ1) is 12.8. The van der Waals surface area contributed by atoms with E-state index in [2.05, 4.69) is 16.3 Å². The monoisotopic (exact) mass is 366 g/mol. The van der Waals surface area contributed by atoms with Gasteiger partial charge in [-0.1, -0.05) is 54.2 Å². The summed E-state index contributed by atoms with van der Waals surface area (Å²) in [6.45, 7) is 0.581. The zero-order valence-corrected chi connectivity index (χ0v) is 15.1. The minimum absolute atomic E-state index is 0.306. The van der Waals surface area contributed by atoms with Gasteiger partial charge in [0.05, 0.1) is 18.2 Å². The number of thioether (sulfide) groups is 1. The molecule has 1 aromatic heterocycles. The summed E-state index contributed by atoms with van der Waals surface area (Å²) in [5.41, 5.74) is 1.56. The van der Waals surface area contributed by atoms with Crippen molar-refractivity contribution in [2.75, 3.05) is 5.75 Å². The minimum Gasteiger partial charge on any atom is -0.297 e. The van der Waals surface area contributed by atoms with Gasteiger partial charge in [-0.15, -0.1) is 10.2 Å². The quantitative estimate of drug-likeness (QED) is 0.419. The Hall–Kier alpha value is -2.65. The van der Waals surface area contributed by atoms with Crippen molar-refractivity contribution in [1.82, 2.24) is 14.8 Å². The molecular formula is C20H19FN4S. The first kappa shape index (κ1) is 18.2. The van der Waals surface area contributed by atoms with Crippen LogP contribution in [0.5, 0.6) is 0 Å². The van der Waals surface area contributed by atoms with Gasteiger partial charge in [-0.25, -0.2) is 4.39 Å². The Kier molecular flexibility index (Phi) is 6.39. The Morgan fingerprint density at radius 2 is 1.77 bits per heavy atom. The van der Waals surface area contributed by atoms with Crippen LogP contribution in [-0.4, -0.2) is 20.5 Å². The molecule has 0 spiro atoms. The van der Waals surface area contributed by atoms with Gasteiger partial charge in [-0.05, 0) is 30.5 Å². The van der Waals surface area contributed by atoms with Gasteiger partial charge < -0.3 is 0 Å². The second-order valence-electron chi connectivity index (χ2n) is 5.82. The lowest BCUT2D eigenvalue weighted by Crippen LogP contribution is -2.05. The molecular weight excluding hydrogens is 347 g/mol. The van der Waals surface area contributed by atoms with Gasteiger partial charge in [0.25, 0.3) is 0 Å².